The van der Waals surface area contributed by atoms with Crippen LogP contribution in [-0.4, -0.2) is 35.4 Å². The Morgan fingerprint density at radius 3 is 2.65 bits per heavy atom. The summed E-state index contributed by atoms with van der Waals surface area (Å²) >= 11 is 7.82. The molecule has 0 aliphatic carbocycles. The first-order chi connectivity index (χ1) is 9.10. The van der Waals surface area contributed by atoms with Gasteiger partial charge >= 0.3 is 0 Å². The van der Waals surface area contributed by atoms with Crippen molar-refractivity contribution in [1.82, 2.24) is 4.90 Å². The fourth-order valence-corrected chi connectivity index (χ4v) is 2.47. The molecule has 1 aromatic carbocycles. The Hall–Kier alpha value is -0.420. The van der Waals surface area contributed by atoms with Crippen LogP contribution >= 0.6 is 35.8 Å². The maximum Gasteiger partial charge on any atom is 0.239 e. The molecule has 1 aromatic rings. The zero-order valence-electron chi connectivity index (χ0n) is 11.8. The molecule has 1 amide bonds. The van der Waals surface area contributed by atoms with Crippen molar-refractivity contribution < 1.29 is 4.79 Å². The van der Waals surface area contributed by atoms with Crippen molar-refractivity contribution >= 4 is 41.7 Å². The van der Waals surface area contributed by atoms with E-state index in [0.717, 1.165) is 11.3 Å². The number of hydrogen-bond donors (Lipinski definition) is 1. The van der Waals surface area contributed by atoms with Gasteiger partial charge in [-0.15, -0.1) is 12.4 Å². The summed E-state index contributed by atoms with van der Waals surface area (Å²) in [7, 11) is 0. The van der Waals surface area contributed by atoms with E-state index in [9.17, 15) is 4.79 Å². The summed E-state index contributed by atoms with van der Waals surface area (Å²) in [5.74, 6) is 0.896. The zero-order valence-corrected chi connectivity index (χ0v) is 14.2. The van der Waals surface area contributed by atoms with Gasteiger partial charge in [0.25, 0.3) is 0 Å². The predicted octanol–water partition coefficient (Wildman–Crippen LogP) is 3.19. The molecule has 1 atom stereocenters. The quantitative estimate of drug-likeness (QED) is 0.831. The first kappa shape index (κ1) is 19.6. The molecule has 114 valence electrons. The van der Waals surface area contributed by atoms with E-state index >= 15 is 0 Å². The number of rotatable bonds is 7. The molecule has 0 bridgehead atoms. The Balaban J connectivity index is 0.00000361. The lowest BCUT2D eigenvalue weighted by atomic mass is 10.1. The fraction of sp³-hybridized carbons (Fsp3) is 0.500. The van der Waals surface area contributed by atoms with Crippen LogP contribution in [0.15, 0.2) is 24.3 Å². The van der Waals surface area contributed by atoms with E-state index in [2.05, 4.69) is 0 Å². The van der Waals surface area contributed by atoms with Crippen LogP contribution in [0.2, 0.25) is 5.02 Å². The van der Waals surface area contributed by atoms with Crippen molar-refractivity contribution in [3.05, 3.63) is 34.9 Å². The summed E-state index contributed by atoms with van der Waals surface area (Å²) in [6.07, 6.45) is 2.72. The summed E-state index contributed by atoms with van der Waals surface area (Å²) in [5.41, 5.74) is 6.89. The number of thioether (sulfide) groups is 1. The second kappa shape index (κ2) is 10.3. The number of amides is 1. The van der Waals surface area contributed by atoms with Gasteiger partial charge in [0.05, 0.1) is 6.04 Å². The van der Waals surface area contributed by atoms with Gasteiger partial charge in [0.15, 0.2) is 0 Å². The molecule has 0 fully saturated rings. The maximum absolute atomic E-state index is 12.2. The van der Waals surface area contributed by atoms with Gasteiger partial charge in [-0.05, 0) is 37.0 Å². The van der Waals surface area contributed by atoms with E-state index in [1.165, 1.54) is 0 Å². The molecule has 2 N–H and O–H groups in total. The molecule has 0 aliphatic rings. The molecule has 0 unspecified atom stereocenters. The third-order valence-electron chi connectivity index (χ3n) is 2.96. The highest BCUT2D eigenvalue weighted by Gasteiger charge is 2.20. The molecule has 0 radical (unpaired) electrons. The Morgan fingerprint density at radius 2 is 2.10 bits per heavy atom. The van der Waals surface area contributed by atoms with Gasteiger partial charge in [-0.2, -0.15) is 11.8 Å². The van der Waals surface area contributed by atoms with Gasteiger partial charge in [-0.3, -0.25) is 4.79 Å². The second-order valence-electron chi connectivity index (χ2n) is 4.33. The normalized spacial score (nSPS) is 11.6. The lowest BCUT2D eigenvalue weighted by Gasteiger charge is -2.24. The summed E-state index contributed by atoms with van der Waals surface area (Å²) in [6.45, 7) is 3.11. The summed E-state index contributed by atoms with van der Waals surface area (Å²) in [4.78, 5) is 14.0. The number of hydrogen-bond acceptors (Lipinski definition) is 3. The maximum atomic E-state index is 12.2. The van der Waals surface area contributed by atoms with E-state index in [1.807, 2.05) is 37.4 Å². The molecule has 6 heteroatoms. The van der Waals surface area contributed by atoms with Gasteiger partial charge < -0.3 is 10.6 Å². The zero-order chi connectivity index (χ0) is 14.3. The number of carbonyl (C=O) groups is 1. The fourth-order valence-electron chi connectivity index (χ4n) is 1.78. The van der Waals surface area contributed by atoms with Crippen LogP contribution in [0.1, 0.15) is 18.9 Å². The lowest BCUT2D eigenvalue weighted by Crippen LogP contribution is -2.43. The smallest absolute Gasteiger partial charge is 0.239 e. The highest BCUT2D eigenvalue weighted by atomic mass is 35.5. The monoisotopic (exact) mass is 336 g/mol. The van der Waals surface area contributed by atoms with E-state index < -0.39 is 6.04 Å². The minimum Gasteiger partial charge on any atom is -0.337 e. The topological polar surface area (TPSA) is 46.3 Å². The number of nitrogens with zero attached hydrogens (tertiary/aromatic N) is 1. The van der Waals surface area contributed by atoms with Crippen LogP contribution in [0.5, 0.6) is 0 Å². The number of halogens is 2. The summed E-state index contributed by atoms with van der Waals surface area (Å²) in [5, 5.41) is 0.687. The molecule has 1 rings (SSSR count). The number of likely N-dealkylation sites (N-methyl/N-ethyl adjacent to an activating group) is 1. The molecule has 3 nitrogen and oxygen atoms in total. The lowest BCUT2D eigenvalue weighted by molar-refractivity contribution is -0.133. The van der Waals surface area contributed by atoms with E-state index in [0.29, 0.717) is 24.5 Å². The molecule has 0 saturated carbocycles. The first-order valence-corrected chi connectivity index (χ1v) is 8.14. The molecule has 0 aromatic heterocycles. The predicted molar refractivity (Wildman–Crippen MR) is 90.8 cm³/mol. The van der Waals surface area contributed by atoms with E-state index in [-0.39, 0.29) is 18.3 Å². The van der Waals surface area contributed by atoms with Crippen LogP contribution in [0.25, 0.3) is 0 Å². The Labute approximate surface area is 136 Å². The van der Waals surface area contributed by atoms with Gasteiger partial charge in [0.2, 0.25) is 5.91 Å². The third-order valence-corrected chi connectivity index (χ3v) is 3.98. The molecule has 0 aliphatic heterocycles. The highest BCUT2D eigenvalue weighted by Crippen LogP contribution is 2.17. The van der Waals surface area contributed by atoms with Crippen molar-refractivity contribution in [3.8, 4) is 0 Å². The minimum absolute atomic E-state index is 0. The van der Waals surface area contributed by atoms with Crippen molar-refractivity contribution in [1.29, 1.82) is 0 Å². The third kappa shape index (κ3) is 5.92. The van der Waals surface area contributed by atoms with Crippen molar-refractivity contribution in [3.63, 3.8) is 0 Å². The average molecular weight is 337 g/mol. The van der Waals surface area contributed by atoms with Crippen LogP contribution < -0.4 is 5.73 Å². The summed E-state index contributed by atoms with van der Waals surface area (Å²) < 4.78 is 0. The van der Waals surface area contributed by atoms with E-state index in [4.69, 9.17) is 17.3 Å². The standard InChI is InChI=1S/C14H21ClN2OS.ClH/c1-3-17(14(18)13(16)8-9-19-2)10-11-6-4-5-7-12(11)15;/h4-7,13H,3,8-10,16H2,1-2H3;1H/t13-;/m0./s1. The number of nitrogens with two attached hydrogens (primary N) is 1. The minimum atomic E-state index is -0.421. The van der Waals surface area contributed by atoms with Crippen LogP contribution in [-0.2, 0) is 11.3 Å². The molecular formula is C14H22Cl2N2OS. The van der Waals surface area contributed by atoms with Crippen LogP contribution in [0, 0.1) is 0 Å². The molecule has 0 saturated heterocycles. The van der Waals surface area contributed by atoms with Crippen molar-refractivity contribution in [2.75, 3.05) is 18.6 Å². The molecular weight excluding hydrogens is 315 g/mol. The Kier molecular flexibility index (Phi) is 10.1. The molecule has 0 spiro atoms. The summed E-state index contributed by atoms with van der Waals surface area (Å²) in [6, 6.07) is 7.16. The van der Waals surface area contributed by atoms with Gasteiger partial charge in [0, 0.05) is 18.1 Å². The molecule has 20 heavy (non-hydrogen) atoms. The van der Waals surface area contributed by atoms with Crippen molar-refractivity contribution in [2.45, 2.75) is 25.9 Å². The largest absolute Gasteiger partial charge is 0.337 e. The number of benzene rings is 1. The van der Waals surface area contributed by atoms with Gasteiger partial charge in [0.1, 0.15) is 0 Å². The Morgan fingerprint density at radius 1 is 1.45 bits per heavy atom. The van der Waals surface area contributed by atoms with Crippen molar-refractivity contribution in [2.24, 2.45) is 5.73 Å². The van der Waals surface area contributed by atoms with Crippen LogP contribution in [0.4, 0.5) is 0 Å². The molecule has 0 heterocycles. The second-order valence-corrected chi connectivity index (χ2v) is 5.72. The van der Waals surface area contributed by atoms with Gasteiger partial charge in [-0.1, -0.05) is 29.8 Å². The first-order valence-electron chi connectivity index (χ1n) is 6.36. The average Bonchev–Trinajstić information content (AvgIpc) is 2.43. The SMILES string of the molecule is CCN(Cc1ccccc1Cl)C(=O)[C@@H](N)CCSC.Cl. The Bertz CT molecular complexity index is 418. The number of carbonyl (C=O) groups excluding carboxylic acids is 1. The highest BCUT2D eigenvalue weighted by molar-refractivity contribution is 7.98. The van der Waals surface area contributed by atoms with Crippen LogP contribution in [0.3, 0.4) is 0 Å². The van der Waals surface area contributed by atoms with E-state index in [1.54, 1.807) is 16.7 Å². The van der Waals surface area contributed by atoms with Gasteiger partial charge in [-0.25, -0.2) is 0 Å².